The predicted molar refractivity (Wildman–Crippen MR) is 75.8 cm³/mol. The Morgan fingerprint density at radius 2 is 2.15 bits per heavy atom. The second-order valence-corrected chi connectivity index (χ2v) is 7.25. The highest BCUT2D eigenvalue weighted by Crippen LogP contribution is 2.16. The lowest BCUT2D eigenvalue weighted by Crippen LogP contribution is -2.42. The van der Waals surface area contributed by atoms with Crippen LogP contribution in [-0.2, 0) is 21.2 Å². The van der Waals surface area contributed by atoms with Crippen molar-refractivity contribution in [2.45, 2.75) is 19.0 Å². The molecule has 0 bridgehead atoms. The Morgan fingerprint density at radius 3 is 2.75 bits per heavy atom. The maximum Gasteiger partial charge on any atom is 0.236 e. The number of carbonyl (C=O) groups is 1. The SMILES string of the molecule is CN(C(=O)CNCc1ccncc1)C1CCS(=O)(=O)C1. The zero-order valence-corrected chi connectivity index (χ0v) is 12.3. The van der Waals surface area contributed by atoms with Crippen LogP contribution in [0.25, 0.3) is 0 Å². The van der Waals surface area contributed by atoms with Gasteiger partial charge >= 0.3 is 0 Å². The molecule has 1 aromatic rings. The second kappa shape index (κ2) is 6.32. The Kier molecular flexibility index (Phi) is 4.72. The summed E-state index contributed by atoms with van der Waals surface area (Å²) in [6.45, 7) is 0.792. The molecular formula is C13H19N3O3S. The van der Waals surface area contributed by atoms with E-state index in [1.807, 2.05) is 12.1 Å². The lowest BCUT2D eigenvalue weighted by Gasteiger charge is -2.23. The topological polar surface area (TPSA) is 79.4 Å². The van der Waals surface area contributed by atoms with Gasteiger partial charge in [-0.2, -0.15) is 0 Å². The van der Waals surface area contributed by atoms with E-state index in [9.17, 15) is 13.2 Å². The van der Waals surface area contributed by atoms with Crippen molar-refractivity contribution in [3.63, 3.8) is 0 Å². The fourth-order valence-electron chi connectivity index (χ4n) is 2.22. The van der Waals surface area contributed by atoms with Crippen LogP contribution in [0.5, 0.6) is 0 Å². The Hall–Kier alpha value is -1.47. The second-order valence-electron chi connectivity index (χ2n) is 5.02. The van der Waals surface area contributed by atoms with Crippen LogP contribution in [0.4, 0.5) is 0 Å². The summed E-state index contributed by atoms with van der Waals surface area (Å²) >= 11 is 0. The van der Waals surface area contributed by atoms with Crippen LogP contribution in [0.15, 0.2) is 24.5 Å². The molecule has 1 aliphatic rings. The molecule has 0 radical (unpaired) electrons. The van der Waals surface area contributed by atoms with Gasteiger partial charge in [0.15, 0.2) is 9.84 Å². The standard InChI is InChI=1S/C13H19N3O3S/c1-16(12-4-7-20(18,19)10-12)13(17)9-15-8-11-2-5-14-6-3-11/h2-3,5-6,12,15H,4,7-10H2,1H3. The van der Waals surface area contributed by atoms with E-state index in [1.54, 1.807) is 24.3 Å². The molecule has 2 rings (SSSR count). The lowest BCUT2D eigenvalue weighted by molar-refractivity contribution is -0.130. The minimum atomic E-state index is -2.96. The highest BCUT2D eigenvalue weighted by molar-refractivity contribution is 7.91. The highest BCUT2D eigenvalue weighted by Gasteiger charge is 2.32. The third kappa shape index (κ3) is 4.01. The number of nitrogens with one attached hydrogen (secondary N) is 1. The molecule has 0 aliphatic carbocycles. The van der Waals surface area contributed by atoms with Crippen LogP contribution in [0.2, 0.25) is 0 Å². The molecular weight excluding hydrogens is 278 g/mol. The third-order valence-corrected chi connectivity index (χ3v) is 5.25. The maximum atomic E-state index is 12.0. The summed E-state index contributed by atoms with van der Waals surface area (Å²) in [7, 11) is -1.29. The van der Waals surface area contributed by atoms with Gasteiger partial charge in [0.05, 0.1) is 18.1 Å². The molecule has 1 fully saturated rings. The Balaban J connectivity index is 1.77. The Bertz CT molecular complexity index is 559. The van der Waals surface area contributed by atoms with Crippen LogP contribution in [0.1, 0.15) is 12.0 Å². The first-order valence-corrected chi connectivity index (χ1v) is 8.36. The summed E-state index contributed by atoms with van der Waals surface area (Å²) in [6, 6.07) is 3.57. The molecule has 1 N–H and O–H groups in total. The monoisotopic (exact) mass is 297 g/mol. The van der Waals surface area contributed by atoms with Crippen LogP contribution in [0, 0.1) is 0 Å². The number of aromatic nitrogens is 1. The molecule has 1 aliphatic heterocycles. The van der Waals surface area contributed by atoms with Crippen LogP contribution in [0.3, 0.4) is 0 Å². The van der Waals surface area contributed by atoms with Crippen LogP contribution in [-0.4, -0.2) is 55.3 Å². The van der Waals surface area contributed by atoms with Crippen molar-refractivity contribution in [1.29, 1.82) is 0 Å². The van der Waals surface area contributed by atoms with Crippen molar-refractivity contribution < 1.29 is 13.2 Å². The molecule has 110 valence electrons. The van der Waals surface area contributed by atoms with Gasteiger partial charge in [-0.15, -0.1) is 0 Å². The normalized spacial score (nSPS) is 20.8. The number of hydrogen-bond donors (Lipinski definition) is 1. The first-order valence-electron chi connectivity index (χ1n) is 6.53. The van der Waals surface area contributed by atoms with Gasteiger partial charge in [0.25, 0.3) is 0 Å². The summed E-state index contributed by atoms with van der Waals surface area (Å²) in [5.74, 6) is 0.181. The number of sulfone groups is 1. The van der Waals surface area contributed by atoms with Gasteiger partial charge in [-0.25, -0.2) is 8.42 Å². The van der Waals surface area contributed by atoms with E-state index in [1.165, 1.54) is 0 Å². The molecule has 0 spiro atoms. The Labute approximate surface area is 119 Å². The first kappa shape index (κ1) is 14.9. The van der Waals surface area contributed by atoms with Crippen molar-refractivity contribution >= 4 is 15.7 Å². The molecule has 1 saturated heterocycles. The number of carbonyl (C=O) groups excluding carboxylic acids is 1. The molecule has 0 saturated carbocycles. The zero-order chi connectivity index (χ0) is 14.6. The van der Waals surface area contributed by atoms with E-state index in [2.05, 4.69) is 10.3 Å². The van der Waals surface area contributed by atoms with E-state index >= 15 is 0 Å². The van der Waals surface area contributed by atoms with E-state index < -0.39 is 9.84 Å². The molecule has 6 nitrogen and oxygen atoms in total. The van der Waals surface area contributed by atoms with Crippen molar-refractivity contribution in [3.05, 3.63) is 30.1 Å². The summed E-state index contributed by atoms with van der Waals surface area (Å²) in [5, 5.41) is 3.06. The third-order valence-electron chi connectivity index (χ3n) is 3.50. The van der Waals surface area contributed by atoms with Crippen molar-refractivity contribution in [2.24, 2.45) is 0 Å². The molecule has 7 heteroatoms. The fourth-order valence-corrected chi connectivity index (χ4v) is 4.00. The number of hydrogen-bond acceptors (Lipinski definition) is 5. The van der Waals surface area contributed by atoms with Gasteiger partial charge in [-0.1, -0.05) is 0 Å². The van der Waals surface area contributed by atoms with Crippen molar-refractivity contribution in [3.8, 4) is 0 Å². The largest absolute Gasteiger partial charge is 0.341 e. The maximum absolute atomic E-state index is 12.0. The molecule has 1 aromatic heterocycles. The van der Waals surface area contributed by atoms with Crippen LogP contribution < -0.4 is 5.32 Å². The van der Waals surface area contributed by atoms with E-state index in [-0.39, 0.29) is 30.0 Å². The number of amides is 1. The van der Waals surface area contributed by atoms with Crippen LogP contribution >= 0.6 is 0 Å². The van der Waals surface area contributed by atoms with E-state index in [0.29, 0.717) is 13.0 Å². The predicted octanol–water partition coefficient (Wildman–Crippen LogP) is -0.183. The number of nitrogens with zero attached hydrogens (tertiary/aromatic N) is 2. The van der Waals surface area contributed by atoms with Crippen molar-refractivity contribution in [2.75, 3.05) is 25.1 Å². The van der Waals surface area contributed by atoms with Crippen molar-refractivity contribution in [1.82, 2.24) is 15.2 Å². The van der Waals surface area contributed by atoms with Gasteiger partial charge in [0.1, 0.15) is 0 Å². The number of likely N-dealkylation sites (N-methyl/N-ethyl adjacent to an activating group) is 1. The summed E-state index contributed by atoms with van der Waals surface area (Å²) in [4.78, 5) is 17.5. The molecule has 1 unspecified atom stereocenters. The van der Waals surface area contributed by atoms with E-state index in [4.69, 9.17) is 0 Å². The highest BCUT2D eigenvalue weighted by atomic mass is 32.2. The zero-order valence-electron chi connectivity index (χ0n) is 11.4. The Morgan fingerprint density at radius 1 is 1.45 bits per heavy atom. The fraction of sp³-hybridized carbons (Fsp3) is 0.538. The summed E-state index contributed by atoms with van der Waals surface area (Å²) in [5.41, 5.74) is 1.05. The molecule has 20 heavy (non-hydrogen) atoms. The average Bonchev–Trinajstić information content (AvgIpc) is 2.79. The minimum absolute atomic E-state index is 0.0823. The number of rotatable bonds is 5. The minimum Gasteiger partial charge on any atom is -0.341 e. The number of pyridine rings is 1. The van der Waals surface area contributed by atoms with Gasteiger partial charge in [0, 0.05) is 32.0 Å². The van der Waals surface area contributed by atoms with E-state index in [0.717, 1.165) is 5.56 Å². The first-order chi connectivity index (χ1) is 9.48. The average molecular weight is 297 g/mol. The van der Waals surface area contributed by atoms with Gasteiger partial charge < -0.3 is 10.2 Å². The van der Waals surface area contributed by atoms with Gasteiger partial charge in [-0.3, -0.25) is 9.78 Å². The molecule has 2 heterocycles. The smallest absolute Gasteiger partial charge is 0.236 e. The molecule has 1 atom stereocenters. The van der Waals surface area contributed by atoms with Gasteiger partial charge in [0.2, 0.25) is 5.91 Å². The quantitative estimate of drug-likeness (QED) is 0.815. The molecule has 1 amide bonds. The van der Waals surface area contributed by atoms with Gasteiger partial charge in [-0.05, 0) is 24.1 Å². The lowest BCUT2D eigenvalue weighted by atomic mass is 10.2. The summed E-state index contributed by atoms with van der Waals surface area (Å²) in [6.07, 6.45) is 3.94. The summed E-state index contributed by atoms with van der Waals surface area (Å²) < 4.78 is 22.8. The molecule has 0 aromatic carbocycles.